The van der Waals surface area contributed by atoms with Gasteiger partial charge in [-0.05, 0) is 35.9 Å². The number of nitriles is 1. The van der Waals surface area contributed by atoms with Crippen LogP contribution in [0.25, 0.3) is 0 Å². The summed E-state index contributed by atoms with van der Waals surface area (Å²) in [7, 11) is 1.65. The Morgan fingerprint density at radius 3 is 2.55 bits per heavy atom. The number of nitrogens with one attached hydrogen (secondary N) is 1. The highest BCUT2D eigenvalue weighted by atomic mass is 35.5. The molecule has 2 rings (SSSR count). The van der Waals surface area contributed by atoms with Crippen molar-refractivity contribution in [3.05, 3.63) is 64.2 Å². The van der Waals surface area contributed by atoms with Crippen molar-refractivity contribution in [3.63, 3.8) is 0 Å². The van der Waals surface area contributed by atoms with E-state index in [1.54, 1.807) is 7.11 Å². The van der Waals surface area contributed by atoms with Crippen LogP contribution in [0.3, 0.4) is 0 Å². The van der Waals surface area contributed by atoms with Crippen molar-refractivity contribution >= 4 is 11.6 Å². The number of ether oxygens (including phenoxy) is 1. The van der Waals surface area contributed by atoms with Crippen molar-refractivity contribution in [3.8, 4) is 11.8 Å². The van der Waals surface area contributed by atoms with E-state index in [0.29, 0.717) is 17.1 Å². The van der Waals surface area contributed by atoms with Gasteiger partial charge in [-0.3, -0.25) is 0 Å². The highest BCUT2D eigenvalue weighted by Gasteiger charge is 2.03. The fraction of sp³-hybridized carbons (Fsp3) is 0.188. The second-order valence-corrected chi connectivity index (χ2v) is 4.80. The Balaban J connectivity index is 1.95. The summed E-state index contributed by atoms with van der Waals surface area (Å²) >= 11 is 5.99. The van der Waals surface area contributed by atoms with E-state index in [1.165, 1.54) is 0 Å². The molecule has 4 heteroatoms. The van der Waals surface area contributed by atoms with Gasteiger partial charge in [-0.25, -0.2) is 0 Å². The highest BCUT2D eigenvalue weighted by Crippen LogP contribution is 2.22. The molecule has 1 N–H and O–H groups in total. The van der Waals surface area contributed by atoms with Gasteiger partial charge in [-0.2, -0.15) is 5.26 Å². The largest absolute Gasteiger partial charge is 0.496 e. The van der Waals surface area contributed by atoms with Crippen LogP contribution in [-0.2, 0) is 13.1 Å². The number of hydrogen-bond acceptors (Lipinski definition) is 3. The molecule has 2 aromatic rings. The molecule has 0 aromatic heterocycles. The third-order valence-electron chi connectivity index (χ3n) is 2.97. The first-order valence-electron chi connectivity index (χ1n) is 6.25. The fourth-order valence-electron chi connectivity index (χ4n) is 1.92. The van der Waals surface area contributed by atoms with Crippen LogP contribution in [0, 0.1) is 11.3 Å². The summed E-state index contributed by atoms with van der Waals surface area (Å²) in [6.07, 6.45) is 0. The van der Waals surface area contributed by atoms with E-state index in [2.05, 4.69) is 11.4 Å². The number of halogens is 1. The minimum Gasteiger partial charge on any atom is -0.496 e. The molecule has 0 aliphatic rings. The number of rotatable bonds is 5. The average molecular weight is 287 g/mol. The van der Waals surface area contributed by atoms with Gasteiger partial charge >= 0.3 is 0 Å². The zero-order chi connectivity index (χ0) is 14.4. The summed E-state index contributed by atoms with van der Waals surface area (Å²) in [4.78, 5) is 0. The lowest BCUT2D eigenvalue weighted by atomic mass is 10.1. The number of benzene rings is 2. The molecule has 0 saturated heterocycles. The van der Waals surface area contributed by atoms with Crippen molar-refractivity contribution in [2.75, 3.05) is 7.11 Å². The first-order chi connectivity index (χ1) is 9.72. The fourth-order valence-corrected chi connectivity index (χ4v) is 2.12. The normalized spacial score (nSPS) is 10.1. The summed E-state index contributed by atoms with van der Waals surface area (Å²) in [6.45, 7) is 1.39. The first-order valence-corrected chi connectivity index (χ1v) is 6.63. The van der Waals surface area contributed by atoms with Crippen molar-refractivity contribution in [1.29, 1.82) is 5.26 Å². The van der Waals surface area contributed by atoms with E-state index in [0.717, 1.165) is 23.4 Å². The maximum absolute atomic E-state index is 8.74. The molecular formula is C16H15ClN2O. The van der Waals surface area contributed by atoms with Gasteiger partial charge in [-0.1, -0.05) is 23.7 Å². The maximum atomic E-state index is 8.74. The van der Waals surface area contributed by atoms with Crippen LogP contribution in [0.4, 0.5) is 0 Å². The van der Waals surface area contributed by atoms with Crippen molar-refractivity contribution in [2.24, 2.45) is 0 Å². The van der Waals surface area contributed by atoms with Gasteiger partial charge in [0.1, 0.15) is 5.75 Å². The molecule has 0 atom stereocenters. The van der Waals surface area contributed by atoms with Gasteiger partial charge in [-0.15, -0.1) is 0 Å². The van der Waals surface area contributed by atoms with Crippen molar-refractivity contribution in [1.82, 2.24) is 5.32 Å². The number of nitrogens with zero attached hydrogens (tertiary/aromatic N) is 1. The van der Waals surface area contributed by atoms with Gasteiger partial charge in [0.05, 0.1) is 18.7 Å². The van der Waals surface area contributed by atoms with Crippen LogP contribution in [0.1, 0.15) is 16.7 Å². The molecule has 0 unspecified atom stereocenters. The monoisotopic (exact) mass is 286 g/mol. The molecule has 0 spiro atoms. The van der Waals surface area contributed by atoms with Gasteiger partial charge in [0.25, 0.3) is 0 Å². The molecule has 0 fully saturated rings. The minimum absolute atomic E-state index is 0.670. The van der Waals surface area contributed by atoms with Crippen LogP contribution in [-0.4, -0.2) is 7.11 Å². The zero-order valence-corrected chi connectivity index (χ0v) is 11.9. The van der Waals surface area contributed by atoms with Crippen LogP contribution >= 0.6 is 11.6 Å². The van der Waals surface area contributed by atoms with E-state index >= 15 is 0 Å². The predicted octanol–water partition coefficient (Wildman–Crippen LogP) is 3.51. The topological polar surface area (TPSA) is 45.0 Å². The Labute approximate surface area is 123 Å². The first kappa shape index (κ1) is 14.4. The summed E-state index contributed by atoms with van der Waals surface area (Å²) in [5, 5.41) is 12.8. The molecule has 0 saturated carbocycles. The summed E-state index contributed by atoms with van der Waals surface area (Å²) in [5.41, 5.74) is 2.82. The molecule has 0 amide bonds. The van der Waals surface area contributed by atoms with E-state index < -0.39 is 0 Å². The Bertz CT molecular complexity index is 617. The van der Waals surface area contributed by atoms with Gasteiger partial charge < -0.3 is 10.1 Å². The third kappa shape index (κ3) is 3.74. The lowest BCUT2D eigenvalue weighted by Gasteiger charge is -2.10. The zero-order valence-electron chi connectivity index (χ0n) is 11.2. The molecule has 0 heterocycles. The van der Waals surface area contributed by atoms with Crippen LogP contribution < -0.4 is 10.1 Å². The van der Waals surface area contributed by atoms with E-state index in [1.807, 2.05) is 42.5 Å². The van der Waals surface area contributed by atoms with E-state index in [9.17, 15) is 0 Å². The molecular weight excluding hydrogens is 272 g/mol. The standard InChI is InChI=1S/C16H15ClN2O/c1-20-16-7-6-15(17)8-14(16)11-19-10-13-4-2-12(9-18)3-5-13/h2-8,19H,10-11H2,1H3. The van der Waals surface area contributed by atoms with Gasteiger partial charge in [0.15, 0.2) is 0 Å². The lowest BCUT2D eigenvalue weighted by Crippen LogP contribution is -2.13. The second kappa shape index (κ2) is 6.95. The smallest absolute Gasteiger partial charge is 0.123 e. The average Bonchev–Trinajstić information content (AvgIpc) is 2.48. The molecule has 3 nitrogen and oxygen atoms in total. The maximum Gasteiger partial charge on any atom is 0.123 e. The van der Waals surface area contributed by atoms with Crippen molar-refractivity contribution in [2.45, 2.75) is 13.1 Å². The quantitative estimate of drug-likeness (QED) is 0.915. The third-order valence-corrected chi connectivity index (χ3v) is 3.21. The molecule has 0 radical (unpaired) electrons. The Morgan fingerprint density at radius 1 is 1.15 bits per heavy atom. The van der Waals surface area contributed by atoms with Gasteiger partial charge in [0.2, 0.25) is 0 Å². The predicted molar refractivity (Wildman–Crippen MR) is 79.7 cm³/mol. The Morgan fingerprint density at radius 2 is 1.90 bits per heavy atom. The number of methoxy groups -OCH3 is 1. The van der Waals surface area contributed by atoms with E-state index in [4.69, 9.17) is 21.6 Å². The molecule has 0 aliphatic heterocycles. The number of hydrogen-bond donors (Lipinski definition) is 1. The van der Waals surface area contributed by atoms with Crippen molar-refractivity contribution < 1.29 is 4.74 Å². The Kier molecular flexibility index (Phi) is 5.00. The summed E-state index contributed by atoms with van der Waals surface area (Å²) < 4.78 is 5.30. The SMILES string of the molecule is COc1ccc(Cl)cc1CNCc1ccc(C#N)cc1. The summed E-state index contributed by atoms with van der Waals surface area (Å²) in [5.74, 6) is 0.821. The molecule has 0 bridgehead atoms. The highest BCUT2D eigenvalue weighted by molar-refractivity contribution is 6.30. The Hall–Kier alpha value is -2.02. The van der Waals surface area contributed by atoms with E-state index in [-0.39, 0.29) is 0 Å². The molecule has 0 aliphatic carbocycles. The molecule has 2 aromatic carbocycles. The summed E-state index contributed by atoms with van der Waals surface area (Å²) in [6, 6.07) is 15.2. The van der Waals surface area contributed by atoms with Gasteiger partial charge in [0, 0.05) is 23.7 Å². The van der Waals surface area contributed by atoms with Crippen LogP contribution in [0.2, 0.25) is 5.02 Å². The second-order valence-electron chi connectivity index (χ2n) is 4.37. The van der Waals surface area contributed by atoms with Crippen LogP contribution in [0.15, 0.2) is 42.5 Å². The van der Waals surface area contributed by atoms with Crippen LogP contribution in [0.5, 0.6) is 5.75 Å². The molecule has 102 valence electrons. The minimum atomic E-state index is 0.670. The molecule has 20 heavy (non-hydrogen) atoms. The lowest BCUT2D eigenvalue weighted by molar-refractivity contribution is 0.407.